The van der Waals surface area contributed by atoms with E-state index in [1.165, 1.54) is 0 Å². The number of hydrogen-bond donors (Lipinski definition) is 1. The van der Waals surface area contributed by atoms with Gasteiger partial charge in [0.25, 0.3) is 0 Å². The molecule has 120 valence electrons. The number of phenolic OH excluding ortho intramolecular Hbond substituents is 1. The van der Waals surface area contributed by atoms with E-state index in [1.54, 1.807) is 53.7 Å². The minimum absolute atomic E-state index is 0. The van der Waals surface area contributed by atoms with Gasteiger partial charge in [0.15, 0.2) is 0 Å². The molecule has 0 atom stereocenters. The first-order valence-electron chi connectivity index (χ1n) is 6.72. The first-order valence-corrected chi connectivity index (χ1v) is 6.72. The average Bonchev–Trinajstić information content (AvgIpc) is 2.13. The number of rotatable bonds is 0. The van der Waals surface area contributed by atoms with Crippen LogP contribution in [0.5, 0.6) is 5.75 Å². The summed E-state index contributed by atoms with van der Waals surface area (Å²) in [6.07, 6.45) is -1.25. The molecule has 0 saturated carbocycles. The van der Waals surface area contributed by atoms with Crippen molar-refractivity contribution < 1.29 is 20.4 Å². The normalized spacial score (nSPS) is 8.62. The zero-order valence-electron chi connectivity index (χ0n) is 14.3. The second-order valence-corrected chi connectivity index (χ2v) is 4.99. The van der Waals surface area contributed by atoms with E-state index < -0.39 is 18.3 Å². The van der Waals surface area contributed by atoms with E-state index in [2.05, 4.69) is 0 Å². The molecule has 21 heavy (non-hydrogen) atoms. The van der Waals surface area contributed by atoms with Gasteiger partial charge in [0.1, 0.15) is 5.75 Å². The fraction of sp³-hybridized carbons (Fsp3) is 0.625. The topological polar surface area (TPSA) is 89.4 Å². The van der Waals surface area contributed by atoms with E-state index in [0.717, 1.165) is 5.56 Å². The van der Waals surface area contributed by atoms with Gasteiger partial charge in [0, 0.05) is 0 Å². The second kappa shape index (κ2) is 19.4. The molecule has 1 N–H and O–H groups in total. The quantitative estimate of drug-likeness (QED) is 0.710. The summed E-state index contributed by atoms with van der Waals surface area (Å²) >= 11 is 0. The predicted octanol–water partition coefficient (Wildman–Crippen LogP) is 0.585. The third-order valence-corrected chi connectivity index (χ3v) is 1.00. The van der Waals surface area contributed by atoms with Gasteiger partial charge in [-0.05, 0) is 24.6 Å². The van der Waals surface area contributed by atoms with Crippen molar-refractivity contribution in [3.05, 3.63) is 29.8 Å². The third-order valence-electron chi connectivity index (χ3n) is 1.00. The summed E-state index contributed by atoms with van der Waals surface area (Å²) in [7, 11) is 0. The standard InChI is InChI=1S/C7H8O.3C3H7O.Al/c1-6-3-2-4-7(8)5-6;3*1-3(2)4;/h2-5,8H,1H3;3*3H,1-2H3;/q;3*-1;+3. The molecule has 5 heteroatoms. The molecule has 0 radical (unpaired) electrons. The Bertz CT molecular complexity index is 262. The van der Waals surface area contributed by atoms with E-state index in [-0.39, 0.29) is 17.4 Å². The molecule has 0 aromatic heterocycles. The van der Waals surface area contributed by atoms with Crippen molar-refractivity contribution in [3.8, 4) is 5.75 Å². The molecule has 0 heterocycles. The first-order chi connectivity index (χ1) is 8.98. The van der Waals surface area contributed by atoms with Crippen molar-refractivity contribution in [1.29, 1.82) is 0 Å². The van der Waals surface area contributed by atoms with Gasteiger partial charge in [0.2, 0.25) is 0 Å². The Labute approximate surface area is 140 Å². The summed E-state index contributed by atoms with van der Waals surface area (Å²) in [5.74, 6) is 0.338. The van der Waals surface area contributed by atoms with E-state index in [4.69, 9.17) is 5.11 Å². The third kappa shape index (κ3) is 66.4. The van der Waals surface area contributed by atoms with Gasteiger partial charge in [-0.25, -0.2) is 0 Å². The Morgan fingerprint density at radius 2 is 1.10 bits per heavy atom. The minimum atomic E-state index is -0.417. The van der Waals surface area contributed by atoms with E-state index >= 15 is 0 Å². The van der Waals surface area contributed by atoms with Crippen LogP contribution in [-0.4, -0.2) is 40.8 Å². The summed E-state index contributed by atoms with van der Waals surface area (Å²) < 4.78 is 0. The summed E-state index contributed by atoms with van der Waals surface area (Å²) in [6.45, 7) is 11.6. The molecule has 0 unspecified atom stereocenters. The van der Waals surface area contributed by atoms with E-state index in [1.807, 2.05) is 19.1 Å². The summed E-state index contributed by atoms with van der Waals surface area (Å²) in [6, 6.07) is 7.15. The molecular formula is C16H29AlO4. The number of phenols is 1. The van der Waals surface area contributed by atoms with Crippen molar-refractivity contribution >= 4 is 17.4 Å². The van der Waals surface area contributed by atoms with Gasteiger partial charge in [0.05, 0.1) is 0 Å². The predicted molar refractivity (Wildman–Crippen MR) is 84.0 cm³/mol. The smallest absolute Gasteiger partial charge is 0.852 e. The van der Waals surface area contributed by atoms with Gasteiger partial charge in [-0.1, -0.05) is 53.7 Å². The van der Waals surface area contributed by atoms with Crippen LogP contribution in [0.4, 0.5) is 0 Å². The van der Waals surface area contributed by atoms with E-state index in [0.29, 0.717) is 5.75 Å². The molecule has 1 aromatic carbocycles. The number of aromatic hydroxyl groups is 1. The second-order valence-electron chi connectivity index (χ2n) is 4.99. The first kappa shape index (κ1) is 28.6. The molecule has 0 bridgehead atoms. The maximum atomic E-state index is 9.53. The van der Waals surface area contributed by atoms with Crippen LogP contribution in [0.3, 0.4) is 0 Å². The van der Waals surface area contributed by atoms with Crippen molar-refractivity contribution in [2.45, 2.75) is 66.8 Å². The van der Waals surface area contributed by atoms with Gasteiger partial charge in [-0.15, -0.1) is 18.3 Å². The molecule has 4 nitrogen and oxygen atoms in total. The van der Waals surface area contributed by atoms with Crippen LogP contribution in [-0.2, 0) is 0 Å². The fourth-order valence-corrected chi connectivity index (χ4v) is 0.628. The molecule has 0 aliphatic carbocycles. The van der Waals surface area contributed by atoms with Crippen LogP contribution in [0, 0.1) is 6.92 Å². The monoisotopic (exact) mass is 312 g/mol. The summed E-state index contributed by atoms with van der Waals surface area (Å²) in [5.41, 5.74) is 1.09. The van der Waals surface area contributed by atoms with Crippen LogP contribution in [0.15, 0.2) is 24.3 Å². The summed E-state index contributed by atoms with van der Waals surface area (Å²) in [4.78, 5) is 0. The fourth-order valence-electron chi connectivity index (χ4n) is 0.628. The molecule has 0 saturated heterocycles. The Hall–Kier alpha value is -0.568. The maximum absolute atomic E-state index is 9.53. The van der Waals surface area contributed by atoms with Crippen LogP contribution < -0.4 is 15.3 Å². The van der Waals surface area contributed by atoms with Crippen LogP contribution in [0.2, 0.25) is 0 Å². The molecule has 0 aliphatic rings. The molecule has 0 fully saturated rings. The molecule has 0 aliphatic heterocycles. The van der Waals surface area contributed by atoms with Crippen molar-refractivity contribution in [2.75, 3.05) is 0 Å². The zero-order valence-corrected chi connectivity index (χ0v) is 15.4. The number of hydrogen-bond acceptors (Lipinski definition) is 4. The summed E-state index contributed by atoms with van der Waals surface area (Å²) in [5, 5.41) is 37.4. The van der Waals surface area contributed by atoms with Gasteiger partial charge in [-0.2, -0.15) is 0 Å². The van der Waals surface area contributed by atoms with Gasteiger partial charge in [-0.3, -0.25) is 0 Å². The largest absolute Gasteiger partial charge is 3.00 e. The van der Waals surface area contributed by atoms with Crippen LogP contribution in [0.25, 0.3) is 0 Å². The molecule has 0 amide bonds. The molecule has 0 spiro atoms. The maximum Gasteiger partial charge on any atom is 3.00 e. The average molecular weight is 312 g/mol. The molecule has 1 rings (SSSR count). The number of aryl methyl sites for hydroxylation is 1. The number of benzene rings is 1. The van der Waals surface area contributed by atoms with Gasteiger partial charge >= 0.3 is 17.4 Å². The SMILES string of the molecule is CC(C)[O-].CC(C)[O-].CC(C)[O-].Cc1cccc(O)c1.[Al+3]. The van der Waals surface area contributed by atoms with E-state index in [9.17, 15) is 15.3 Å². The zero-order chi connectivity index (χ0) is 16.7. The Kier molecular flexibility index (Phi) is 26.4. The molecular weight excluding hydrogens is 283 g/mol. The minimum Gasteiger partial charge on any atom is -0.852 e. The molecule has 1 aromatic rings. The van der Waals surface area contributed by atoms with Crippen molar-refractivity contribution in [3.63, 3.8) is 0 Å². The van der Waals surface area contributed by atoms with Crippen LogP contribution in [0.1, 0.15) is 47.1 Å². The Balaban J connectivity index is -0.0000000973. The van der Waals surface area contributed by atoms with Crippen molar-refractivity contribution in [1.82, 2.24) is 0 Å². The Morgan fingerprint density at radius 3 is 1.24 bits per heavy atom. The Morgan fingerprint density at radius 1 is 0.810 bits per heavy atom. The van der Waals surface area contributed by atoms with Gasteiger partial charge < -0.3 is 20.4 Å². The van der Waals surface area contributed by atoms with Crippen molar-refractivity contribution in [2.24, 2.45) is 0 Å². The van der Waals surface area contributed by atoms with Crippen LogP contribution >= 0.6 is 0 Å².